The van der Waals surface area contributed by atoms with E-state index in [2.05, 4.69) is 48.6 Å². The third-order valence-corrected chi connectivity index (χ3v) is 4.31. The first-order valence-corrected chi connectivity index (χ1v) is 8.63. The van der Waals surface area contributed by atoms with E-state index in [9.17, 15) is 0 Å². The second kappa shape index (κ2) is 9.25. The van der Waals surface area contributed by atoms with Crippen LogP contribution in [0, 0.1) is 0 Å². The van der Waals surface area contributed by atoms with Crippen LogP contribution in [-0.2, 0) is 0 Å². The summed E-state index contributed by atoms with van der Waals surface area (Å²) in [6.07, 6.45) is 1.08. The van der Waals surface area contributed by atoms with E-state index < -0.39 is 0 Å². The summed E-state index contributed by atoms with van der Waals surface area (Å²) in [7, 11) is 4.19. The molecule has 0 saturated heterocycles. The summed E-state index contributed by atoms with van der Waals surface area (Å²) in [5.74, 6) is 0.934. The molecule has 1 N–H and O–H groups in total. The van der Waals surface area contributed by atoms with E-state index in [1.165, 1.54) is 0 Å². The number of rotatable bonds is 7. The Morgan fingerprint density at radius 2 is 1.80 bits per heavy atom. The van der Waals surface area contributed by atoms with Crippen LogP contribution in [0.3, 0.4) is 0 Å². The number of para-hydroxylation sites is 1. The second-order valence-corrected chi connectivity index (χ2v) is 6.72. The van der Waals surface area contributed by atoms with Crippen LogP contribution >= 0.6 is 24.0 Å². The molecule has 2 aromatic carbocycles. The van der Waals surface area contributed by atoms with E-state index in [0.717, 1.165) is 46.8 Å². The molecule has 1 heterocycles. The molecule has 0 saturated carbocycles. The quantitative estimate of drug-likeness (QED) is 0.577. The molecule has 0 fully saturated rings. The van der Waals surface area contributed by atoms with Gasteiger partial charge in [0.25, 0.3) is 0 Å². The number of halogens is 2. The first kappa shape index (κ1) is 19.8. The Kier molecular flexibility index (Phi) is 7.33. The number of fused-ring (bicyclic) bond motifs is 1. The lowest BCUT2D eigenvalue weighted by Gasteiger charge is -2.18. The topological polar surface area (TPSA) is 28.4 Å². The summed E-state index contributed by atoms with van der Waals surface area (Å²) in [5.41, 5.74) is 2.07. The summed E-state index contributed by atoms with van der Waals surface area (Å²) in [6.45, 7) is 1.98. The molecule has 25 heavy (non-hydrogen) atoms. The van der Waals surface area contributed by atoms with Crippen molar-refractivity contribution in [2.75, 3.05) is 27.2 Å². The number of furan rings is 1. The normalized spacial score (nSPS) is 12.3. The van der Waals surface area contributed by atoms with E-state index in [1.54, 1.807) is 0 Å². The minimum Gasteiger partial charge on any atom is -0.459 e. The number of nitrogens with zero attached hydrogens (tertiary/aromatic N) is 1. The van der Waals surface area contributed by atoms with E-state index in [1.807, 2.05) is 30.3 Å². The van der Waals surface area contributed by atoms with Crippen molar-refractivity contribution in [3.8, 4) is 0 Å². The lowest BCUT2D eigenvalue weighted by Crippen LogP contribution is -2.26. The Bertz CT molecular complexity index is 751. The maximum Gasteiger partial charge on any atom is 0.134 e. The largest absolute Gasteiger partial charge is 0.459 e. The summed E-state index contributed by atoms with van der Waals surface area (Å²) in [6, 6.07) is 18.2. The average molecular weight is 379 g/mol. The van der Waals surface area contributed by atoms with Crippen molar-refractivity contribution in [1.29, 1.82) is 0 Å². The molecule has 1 unspecified atom stereocenters. The van der Waals surface area contributed by atoms with Gasteiger partial charge in [0.1, 0.15) is 11.3 Å². The zero-order valence-electron chi connectivity index (χ0n) is 14.5. The van der Waals surface area contributed by atoms with Gasteiger partial charge in [0.05, 0.1) is 6.04 Å². The maximum absolute atomic E-state index is 6.09. The van der Waals surface area contributed by atoms with Gasteiger partial charge in [-0.25, -0.2) is 0 Å². The van der Waals surface area contributed by atoms with Crippen molar-refractivity contribution in [3.63, 3.8) is 0 Å². The molecule has 1 atom stereocenters. The molecule has 5 heteroatoms. The number of nitrogens with one attached hydrogen (secondary N) is 1. The molecule has 3 rings (SSSR count). The fourth-order valence-corrected chi connectivity index (χ4v) is 2.95. The number of benzene rings is 2. The van der Waals surface area contributed by atoms with Gasteiger partial charge < -0.3 is 14.6 Å². The molecule has 3 nitrogen and oxygen atoms in total. The van der Waals surface area contributed by atoms with Gasteiger partial charge in [0.2, 0.25) is 0 Å². The summed E-state index contributed by atoms with van der Waals surface area (Å²) in [4.78, 5) is 2.19. The van der Waals surface area contributed by atoms with Gasteiger partial charge in [-0.2, -0.15) is 0 Å². The molecule has 0 aliphatic carbocycles. The first-order valence-electron chi connectivity index (χ1n) is 8.25. The molecule has 0 bridgehead atoms. The van der Waals surface area contributed by atoms with E-state index in [4.69, 9.17) is 16.0 Å². The number of hydrogen-bond acceptors (Lipinski definition) is 3. The summed E-state index contributed by atoms with van der Waals surface area (Å²) in [5, 5.41) is 5.50. The molecular weight excluding hydrogens is 355 g/mol. The molecule has 0 aliphatic rings. The van der Waals surface area contributed by atoms with Gasteiger partial charge in [0.15, 0.2) is 0 Å². The summed E-state index contributed by atoms with van der Waals surface area (Å²) >= 11 is 6.04. The lowest BCUT2D eigenvalue weighted by molar-refractivity contribution is 0.385. The van der Waals surface area contributed by atoms with Crippen LogP contribution in [0.5, 0.6) is 0 Å². The van der Waals surface area contributed by atoms with Crippen molar-refractivity contribution in [3.05, 3.63) is 70.9 Å². The fourth-order valence-electron chi connectivity index (χ4n) is 2.82. The highest BCUT2D eigenvalue weighted by Crippen LogP contribution is 2.29. The number of hydrogen-bond donors (Lipinski definition) is 1. The van der Waals surface area contributed by atoms with E-state index in [-0.39, 0.29) is 18.4 Å². The Morgan fingerprint density at radius 3 is 2.48 bits per heavy atom. The molecular formula is C20H24Cl2N2O. The molecule has 0 amide bonds. The SMILES string of the molecule is CN(C)CCCNC(c1ccc(Cl)cc1)c1cc2ccccc2o1.Cl. The Hall–Kier alpha value is -1.52. The minimum atomic E-state index is 0. The zero-order chi connectivity index (χ0) is 16.9. The standard InChI is InChI=1S/C20H23ClN2O.ClH/c1-23(2)13-5-12-22-20(15-8-10-17(21)11-9-15)19-14-16-6-3-4-7-18(16)24-19;/h3-4,6-11,14,20,22H,5,12-13H2,1-2H3;1H. The van der Waals surface area contributed by atoms with Crippen LogP contribution in [0.4, 0.5) is 0 Å². The van der Waals surface area contributed by atoms with E-state index in [0.29, 0.717) is 0 Å². The van der Waals surface area contributed by atoms with Gasteiger partial charge >= 0.3 is 0 Å². The predicted molar refractivity (Wildman–Crippen MR) is 108 cm³/mol. The monoisotopic (exact) mass is 378 g/mol. The van der Waals surface area contributed by atoms with Crippen molar-refractivity contribution in [2.24, 2.45) is 0 Å². The predicted octanol–water partition coefficient (Wildman–Crippen LogP) is 5.14. The van der Waals surface area contributed by atoms with Gasteiger partial charge in [-0.15, -0.1) is 12.4 Å². The molecule has 0 radical (unpaired) electrons. The van der Waals surface area contributed by atoms with Crippen molar-refractivity contribution in [2.45, 2.75) is 12.5 Å². The highest BCUT2D eigenvalue weighted by atomic mass is 35.5. The zero-order valence-corrected chi connectivity index (χ0v) is 16.1. The average Bonchev–Trinajstić information content (AvgIpc) is 2.99. The van der Waals surface area contributed by atoms with Crippen molar-refractivity contribution >= 4 is 35.0 Å². The lowest BCUT2D eigenvalue weighted by atomic mass is 10.0. The van der Waals surface area contributed by atoms with Crippen molar-refractivity contribution in [1.82, 2.24) is 10.2 Å². The van der Waals surface area contributed by atoms with Gasteiger partial charge in [0, 0.05) is 10.4 Å². The van der Waals surface area contributed by atoms with Crippen LogP contribution in [0.1, 0.15) is 23.8 Å². The van der Waals surface area contributed by atoms with Gasteiger partial charge in [-0.3, -0.25) is 0 Å². The molecule has 3 aromatic rings. The summed E-state index contributed by atoms with van der Waals surface area (Å²) < 4.78 is 6.09. The Morgan fingerprint density at radius 1 is 1.08 bits per heavy atom. The van der Waals surface area contributed by atoms with Crippen LogP contribution in [0.25, 0.3) is 11.0 Å². The Labute approximate surface area is 160 Å². The third kappa shape index (κ3) is 5.23. The minimum absolute atomic E-state index is 0. The van der Waals surface area contributed by atoms with Gasteiger partial charge in [-0.05, 0) is 63.4 Å². The fraction of sp³-hybridized carbons (Fsp3) is 0.300. The second-order valence-electron chi connectivity index (χ2n) is 6.28. The van der Waals surface area contributed by atoms with Gasteiger partial charge in [-0.1, -0.05) is 41.9 Å². The first-order chi connectivity index (χ1) is 11.6. The third-order valence-electron chi connectivity index (χ3n) is 4.06. The van der Waals surface area contributed by atoms with Crippen LogP contribution in [0.15, 0.2) is 59.0 Å². The highest BCUT2D eigenvalue weighted by molar-refractivity contribution is 6.30. The highest BCUT2D eigenvalue weighted by Gasteiger charge is 2.18. The van der Waals surface area contributed by atoms with E-state index >= 15 is 0 Å². The van der Waals surface area contributed by atoms with Crippen LogP contribution < -0.4 is 5.32 Å². The smallest absolute Gasteiger partial charge is 0.134 e. The maximum atomic E-state index is 6.09. The molecule has 0 aliphatic heterocycles. The Balaban J connectivity index is 0.00000225. The molecule has 1 aromatic heterocycles. The molecule has 134 valence electrons. The molecule has 0 spiro atoms. The van der Waals surface area contributed by atoms with Crippen LogP contribution in [-0.4, -0.2) is 32.1 Å². The van der Waals surface area contributed by atoms with Crippen LogP contribution in [0.2, 0.25) is 5.02 Å². The van der Waals surface area contributed by atoms with Crippen molar-refractivity contribution < 1.29 is 4.42 Å².